The zero-order valence-electron chi connectivity index (χ0n) is 14.1. The maximum Gasteiger partial charge on any atom is 0.264 e. The van der Waals surface area contributed by atoms with E-state index in [1.165, 1.54) is 23.9 Å². The molecular weight excluding hydrogens is 437 g/mol. The average Bonchev–Trinajstić information content (AvgIpc) is 3.20. The number of carbonyl (C=O) groups is 1. The minimum Gasteiger partial charge on any atom is -0.440 e. The van der Waals surface area contributed by atoms with Gasteiger partial charge in [0.05, 0.1) is 28.3 Å². The van der Waals surface area contributed by atoms with E-state index in [1.54, 1.807) is 18.2 Å². The highest BCUT2D eigenvalue weighted by molar-refractivity contribution is 9.10. The summed E-state index contributed by atoms with van der Waals surface area (Å²) in [4.78, 5) is 19.1. The number of hydrogen-bond acceptors (Lipinski definition) is 6. The van der Waals surface area contributed by atoms with Gasteiger partial charge in [-0.25, -0.2) is 9.38 Å². The first kappa shape index (κ1) is 18.3. The van der Waals surface area contributed by atoms with E-state index in [9.17, 15) is 9.18 Å². The predicted octanol–water partition coefficient (Wildman–Crippen LogP) is 3.91. The van der Waals surface area contributed by atoms with Crippen molar-refractivity contribution in [2.45, 2.75) is 0 Å². The Morgan fingerprint density at radius 2 is 2.00 bits per heavy atom. The fourth-order valence-corrected chi connectivity index (χ4v) is 4.05. The number of benzene rings is 1. The molecule has 3 heterocycles. The van der Waals surface area contributed by atoms with Gasteiger partial charge in [-0.05, 0) is 52.0 Å². The van der Waals surface area contributed by atoms with Crippen molar-refractivity contribution in [2.75, 3.05) is 31.2 Å². The van der Waals surface area contributed by atoms with Gasteiger partial charge in [0.1, 0.15) is 11.6 Å². The lowest BCUT2D eigenvalue weighted by atomic mass is 10.3. The Hall–Kier alpha value is -2.10. The molecule has 1 amide bonds. The van der Waals surface area contributed by atoms with Gasteiger partial charge in [-0.15, -0.1) is 0 Å². The van der Waals surface area contributed by atoms with Crippen LogP contribution in [0.5, 0.6) is 0 Å². The molecule has 27 heavy (non-hydrogen) atoms. The topological polar surface area (TPSA) is 67.1 Å². The number of hydrogen-bond donors (Lipinski definition) is 1. The minimum absolute atomic E-state index is 0.249. The van der Waals surface area contributed by atoms with Crippen LogP contribution < -0.4 is 10.2 Å². The molecule has 1 N–H and O–H groups in total. The van der Waals surface area contributed by atoms with Crippen molar-refractivity contribution in [1.29, 1.82) is 0 Å². The maximum atomic E-state index is 13.0. The third-order valence-corrected chi connectivity index (χ3v) is 5.45. The Labute approximate surface area is 167 Å². The van der Waals surface area contributed by atoms with E-state index in [4.69, 9.17) is 9.15 Å². The number of ether oxygens (including phenoxy) is 1. The number of amides is 1. The maximum absolute atomic E-state index is 13.0. The number of thioether (sulfide) groups is 1. The van der Waals surface area contributed by atoms with Crippen molar-refractivity contribution in [2.24, 2.45) is 4.99 Å². The zero-order valence-corrected chi connectivity index (χ0v) is 16.5. The largest absolute Gasteiger partial charge is 0.440 e. The third kappa shape index (κ3) is 4.26. The van der Waals surface area contributed by atoms with Gasteiger partial charge in [0.25, 0.3) is 5.91 Å². The van der Waals surface area contributed by atoms with E-state index in [1.807, 2.05) is 6.07 Å². The molecule has 0 radical (unpaired) electrons. The predicted molar refractivity (Wildman–Crippen MR) is 107 cm³/mol. The zero-order chi connectivity index (χ0) is 18.8. The molecule has 0 bridgehead atoms. The van der Waals surface area contributed by atoms with Crippen LogP contribution >= 0.6 is 27.7 Å². The highest BCUT2D eigenvalue weighted by atomic mass is 79.9. The molecule has 0 saturated carbocycles. The molecule has 9 heteroatoms. The summed E-state index contributed by atoms with van der Waals surface area (Å²) in [7, 11) is 0. The molecule has 6 nitrogen and oxygen atoms in total. The van der Waals surface area contributed by atoms with Crippen molar-refractivity contribution < 1.29 is 18.3 Å². The first-order valence-corrected chi connectivity index (χ1v) is 9.86. The molecule has 2 saturated heterocycles. The van der Waals surface area contributed by atoms with Crippen LogP contribution in [-0.2, 0) is 9.53 Å². The Kier molecular flexibility index (Phi) is 5.33. The summed E-state index contributed by atoms with van der Waals surface area (Å²) in [5.74, 6) is 0.723. The van der Waals surface area contributed by atoms with E-state index in [-0.39, 0.29) is 11.7 Å². The monoisotopic (exact) mass is 451 g/mol. The summed E-state index contributed by atoms with van der Waals surface area (Å²) in [5, 5.41) is 3.15. The van der Waals surface area contributed by atoms with Gasteiger partial charge in [-0.2, -0.15) is 0 Å². The van der Waals surface area contributed by atoms with E-state index < -0.39 is 0 Å². The van der Waals surface area contributed by atoms with Crippen LogP contribution in [0.1, 0.15) is 5.76 Å². The molecule has 1 aromatic carbocycles. The summed E-state index contributed by atoms with van der Waals surface area (Å²) >= 11 is 4.72. The Morgan fingerprint density at radius 1 is 1.26 bits per heavy atom. The molecule has 0 spiro atoms. The lowest BCUT2D eigenvalue weighted by molar-refractivity contribution is -0.115. The van der Waals surface area contributed by atoms with Gasteiger partial charge in [-0.3, -0.25) is 4.79 Å². The second-order valence-corrected chi connectivity index (χ2v) is 7.74. The molecule has 2 fully saturated rings. The summed E-state index contributed by atoms with van der Waals surface area (Å²) in [6.45, 7) is 2.83. The number of morpholine rings is 1. The highest BCUT2D eigenvalue weighted by Crippen LogP contribution is 2.34. The third-order valence-electron chi connectivity index (χ3n) is 3.97. The number of nitrogens with one attached hydrogen (secondary N) is 1. The average molecular weight is 452 g/mol. The van der Waals surface area contributed by atoms with E-state index >= 15 is 0 Å². The van der Waals surface area contributed by atoms with Crippen LogP contribution in [0.4, 0.5) is 16.0 Å². The van der Waals surface area contributed by atoms with E-state index in [0.29, 0.717) is 34.7 Å². The number of carbonyl (C=O) groups excluding carboxylic acids is 1. The molecule has 4 rings (SSSR count). The molecule has 0 unspecified atom stereocenters. The lowest BCUT2D eigenvalue weighted by Gasteiger charge is -2.26. The van der Waals surface area contributed by atoms with Crippen molar-refractivity contribution in [3.63, 3.8) is 0 Å². The van der Waals surface area contributed by atoms with Gasteiger partial charge in [0, 0.05) is 25.2 Å². The molecule has 2 aliphatic rings. The number of nitrogens with zero attached hydrogens (tertiary/aromatic N) is 2. The van der Waals surface area contributed by atoms with E-state index in [0.717, 1.165) is 23.4 Å². The second kappa shape index (κ2) is 7.87. The van der Waals surface area contributed by atoms with Gasteiger partial charge in [0.15, 0.2) is 5.17 Å². The van der Waals surface area contributed by atoms with Crippen LogP contribution in [0, 0.1) is 5.82 Å². The molecule has 140 valence electrons. The Bertz CT molecular complexity index is 920. The second-order valence-electron chi connectivity index (χ2n) is 5.86. The fourth-order valence-electron chi connectivity index (χ4n) is 2.67. The minimum atomic E-state index is -0.331. The van der Waals surface area contributed by atoms with Crippen molar-refractivity contribution in [3.8, 4) is 0 Å². The van der Waals surface area contributed by atoms with Gasteiger partial charge in [-0.1, -0.05) is 0 Å². The van der Waals surface area contributed by atoms with Crippen LogP contribution in [0.2, 0.25) is 0 Å². The van der Waals surface area contributed by atoms with Gasteiger partial charge in [0.2, 0.25) is 5.88 Å². The number of amidine groups is 1. The lowest BCUT2D eigenvalue weighted by Crippen LogP contribution is -2.36. The molecule has 2 aromatic rings. The molecule has 0 aliphatic carbocycles. The van der Waals surface area contributed by atoms with E-state index in [2.05, 4.69) is 31.1 Å². The molecule has 2 aliphatic heterocycles. The Morgan fingerprint density at radius 3 is 2.74 bits per heavy atom. The number of aliphatic imine (C=N–C) groups is 1. The number of halogens is 2. The number of furan rings is 1. The van der Waals surface area contributed by atoms with Crippen molar-refractivity contribution in [1.82, 2.24) is 5.32 Å². The van der Waals surface area contributed by atoms with Crippen molar-refractivity contribution >= 4 is 56.4 Å². The summed E-state index contributed by atoms with van der Waals surface area (Å²) < 4.78 is 25.1. The van der Waals surface area contributed by atoms with Crippen LogP contribution in [-0.4, -0.2) is 37.4 Å². The fraction of sp³-hybridized carbons (Fsp3) is 0.222. The summed E-state index contributed by atoms with van der Waals surface area (Å²) in [5.41, 5.74) is 0.566. The first-order valence-electron chi connectivity index (χ1n) is 8.26. The molecular formula is C18H15BrFN3O3S. The molecule has 0 atom stereocenters. The quantitative estimate of drug-likeness (QED) is 0.716. The van der Waals surface area contributed by atoms with Crippen LogP contribution in [0.3, 0.4) is 0 Å². The summed E-state index contributed by atoms with van der Waals surface area (Å²) in [6.07, 6.45) is 1.68. The molecule has 1 aromatic heterocycles. The smallest absolute Gasteiger partial charge is 0.264 e. The normalized spacial score (nSPS) is 20.5. The standard InChI is InChI=1S/C18H15BrFN3O3S/c19-14-9-13(26-17(14)23-5-7-25-8-6-23)10-15-16(24)22-18(27-15)21-12-3-1-11(20)2-4-12/h1-4,9-10H,5-8H2,(H,21,22,24)/b15-10-. The summed E-state index contributed by atoms with van der Waals surface area (Å²) in [6, 6.07) is 7.58. The first-order chi connectivity index (χ1) is 13.1. The SMILES string of the molecule is O=C1NC(=Nc2ccc(F)cc2)S/C1=C\c1cc(Br)c(N2CCOCC2)o1. The highest BCUT2D eigenvalue weighted by Gasteiger charge is 2.25. The van der Waals surface area contributed by atoms with Crippen LogP contribution in [0.15, 0.2) is 49.1 Å². The number of anilines is 1. The van der Waals surface area contributed by atoms with Gasteiger partial charge < -0.3 is 19.4 Å². The van der Waals surface area contributed by atoms with Gasteiger partial charge >= 0.3 is 0 Å². The van der Waals surface area contributed by atoms with Crippen molar-refractivity contribution in [3.05, 3.63) is 51.3 Å². The number of rotatable bonds is 3. The Balaban J connectivity index is 1.52. The van der Waals surface area contributed by atoms with Crippen LogP contribution in [0.25, 0.3) is 6.08 Å².